The van der Waals surface area contributed by atoms with E-state index in [1.807, 2.05) is 45.0 Å². The molecule has 1 aromatic rings. The van der Waals surface area contributed by atoms with Crippen LogP contribution in [-0.2, 0) is 9.53 Å². The molecule has 2 nitrogen and oxygen atoms in total. The fourth-order valence-corrected chi connectivity index (χ4v) is 1.14. The van der Waals surface area contributed by atoms with E-state index in [-0.39, 0.29) is 5.97 Å². The van der Waals surface area contributed by atoms with Gasteiger partial charge >= 0.3 is 5.97 Å². The topological polar surface area (TPSA) is 26.3 Å². The normalized spacial score (nSPS) is 11.0. The third kappa shape index (κ3) is 4.78. The van der Waals surface area contributed by atoms with E-state index in [0.29, 0.717) is 12.5 Å². The SMILES string of the molecule is Cc1ccc(/C=C/C(=O)OCC(C)C)cc1. The van der Waals surface area contributed by atoms with Crippen molar-refractivity contribution in [2.24, 2.45) is 5.92 Å². The molecule has 2 heteroatoms. The summed E-state index contributed by atoms with van der Waals surface area (Å²) in [5.74, 6) is 0.0889. The first kappa shape index (κ1) is 12.5. The summed E-state index contributed by atoms with van der Waals surface area (Å²) in [5, 5.41) is 0. The summed E-state index contributed by atoms with van der Waals surface area (Å²) < 4.78 is 5.02. The maximum atomic E-state index is 11.3. The van der Waals surface area contributed by atoms with Gasteiger partial charge in [-0.2, -0.15) is 0 Å². The average molecular weight is 218 g/mol. The Morgan fingerprint density at radius 3 is 2.50 bits per heavy atom. The molecule has 0 unspecified atom stereocenters. The smallest absolute Gasteiger partial charge is 0.330 e. The van der Waals surface area contributed by atoms with Gasteiger partial charge in [-0.3, -0.25) is 0 Å². The summed E-state index contributed by atoms with van der Waals surface area (Å²) in [6, 6.07) is 7.97. The van der Waals surface area contributed by atoms with Crippen LogP contribution < -0.4 is 0 Å². The average Bonchev–Trinajstić information content (AvgIpc) is 2.25. The van der Waals surface area contributed by atoms with Crippen LogP contribution in [-0.4, -0.2) is 12.6 Å². The lowest BCUT2D eigenvalue weighted by atomic mass is 10.1. The van der Waals surface area contributed by atoms with Crippen molar-refractivity contribution in [1.29, 1.82) is 0 Å². The number of aryl methyl sites for hydroxylation is 1. The van der Waals surface area contributed by atoms with Gasteiger partial charge < -0.3 is 4.74 Å². The predicted octanol–water partition coefficient (Wildman–Crippen LogP) is 3.21. The molecule has 0 aromatic heterocycles. The molecular formula is C14H18O2. The molecule has 0 heterocycles. The van der Waals surface area contributed by atoms with E-state index < -0.39 is 0 Å². The standard InChI is InChI=1S/C14H18O2/c1-11(2)10-16-14(15)9-8-13-6-4-12(3)5-7-13/h4-9,11H,10H2,1-3H3/b9-8+. The first-order chi connectivity index (χ1) is 7.58. The molecule has 0 atom stereocenters. The summed E-state index contributed by atoms with van der Waals surface area (Å²) >= 11 is 0. The van der Waals surface area contributed by atoms with E-state index in [1.165, 1.54) is 11.6 Å². The molecule has 0 saturated heterocycles. The molecule has 0 aliphatic carbocycles. The molecule has 16 heavy (non-hydrogen) atoms. The minimum Gasteiger partial charge on any atom is -0.462 e. The zero-order valence-corrected chi connectivity index (χ0v) is 10.1. The second-order valence-electron chi connectivity index (χ2n) is 4.27. The van der Waals surface area contributed by atoms with E-state index in [2.05, 4.69) is 0 Å². The fourth-order valence-electron chi connectivity index (χ4n) is 1.14. The molecule has 0 fully saturated rings. The number of hydrogen-bond donors (Lipinski definition) is 0. The molecule has 86 valence electrons. The molecule has 0 aliphatic rings. The monoisotopic (exact) mass is 218 g/mol. The van der Waals surface area contributed by atoms with Gasteiger partial charge in [-0.1, -0.05) is 43.7 Å². The summed E-state index contributed by atoms with van der Waals surface area (Å²) in [6.07, 6.45) is 3.23. The largest absolute Gasteiger partial charge is 0.462 e. The van der Waals surface area contributed by atoms with E-state index in [1.54, 1.807) is 6.08 Å². The molecule has 0 radical (unpaired) electrons. The number of carbonyl (C=O) groups is 1. The van der Waals surface area contributed by atoms with E-state index in [0.717, 1.165) is 5.56 Å². The Labute approximate surface area is 96.9 Å². The molecule has 0 saturated carbocycles. The minimum absolute atomic E-state index is 0.283. The number of rotatable bonds is 4. The van der Waals surface area contributed by atoms with Crippen LogP contribution >= 0.6 is 0 Å². The van der Waals surface area contributed by atoms with E-state index >= 15 is 0 Å². The maximum absolute atomic E-state index is 11.3. The molecule has 0 spiro atoms. The van der Waals surface area contributed by atoms with Gasteiger partial charge in [0.05, 0.1) is 6.61 Å². The van der Waals surface area contributed by atoms with Crippen molar-refractivity contribution in [2.45, 2.75) is 20.8 Å². The molecule has 1 rings (SSSR count). The van der Waals surface area contributed by atoms with Crippen LogP contribution in [0.3, 0.4) is 0 Å². The van der Waals surface area contributed by atoms with Crippen LogP contribution in [0.25, 0.3) is 6.08 Å². The highest BCUT2D eigenvalue weighted by Gasteiger charge is 1.99. The van der Waals surface area contributed by atoms with Crippen LogP contribution in [0.1, 0.15) is 25.0 Å². The Balaban J connectivity index is 2.47. The number of ether oxygens (including phenoxy) is 1. The number of esters is 1. The van der Waals surface area contributed by atoms with Crippen LogP contribution in [0.4, 0.5) is 0 Å². The summed E-state index contributed by atoms with van der Waals surface area (Å²) in [5.41, 5.74) is 2.21. The van der Waals surface area contributed by atoms with Crippen LogP contribution in [0.15, 0.2) is 30.3 Å². The molecule has 0 bridgehead atoms. The first-order valence-corrected chi connectivity index (χ1v) is 5.49. The van der Waals surface area contributed by atoms with Crippen molar-refractivity contribution < 1.29 is 9.53 Å². The Kier molecular flexibility index (Phi) is 4.77. The lowest BCUT2D eigenvalue weighted by Gasteiger charge is -2.03. The lowest BCUT2D eigenvalue weighted by Crippen LogP contribution is -2.06. The summed E-state index contributed by atoms with van der Waals surface area (Å²) in [4.78, 5) is 11.3. The summed E-state index contributed by atoms with van der Waals surface area (Å²) in [6.45, 7) is 6.52. The van der Waals surface area contributed by atoms with Gasteiger partial charge in [-0.05, 0) is 24.5 Å². The third-order valence-electron chi connectivity index (χ3n) is 2.05. The van der Waals surface area contributed by atoms with Crippen LogP contribution in [0.2, 0.25) is 0 Å². The number of benzene rings is 1. The van der Waals surface area contributed by atoms with E-state index in [9.17, 15) is 4.79 Å². The van der Waals surface area contributed by atoms with Gasteiger partial charge in [0.15, 0.2) is 0 Å². The second-order valence-corrected chi connectivity index (χ2v) is 4.27. The molecule has 0 aliphatic heterocycles. The van der Waals surface area contributed by atoms with Crippen molar-refractivity contribution in [3.8, 4) is 0 Å². The van der Waals surface area contributed by atoms with Crippen molar-refractivity contribution >= 4 is 12.0 Å². The number of hydrogen-bond acceptors (Lipinski definition) is 2. The zero-order valence-electron chi connectivity index (χ0n) is 10.1. The quantitative estimate of drug-likeness (QED) is 0.573. The van der Waals surface area contributed by atoms with Gasteiger partial charge in [-0.25, -0.2) is 4.79 Å². The van der Waals surface area contributed by atoms with Gasteiger partial charge in [0.25, 0.3) is 0 Å². The van der Waals surface area contributed by atoms with Gasteiger partial charge in [0, 0.05) is 6.08 Å². The maximum Gasteiger partial charge on any atom is 0.330 e. The Bertz CT molecular complexity index is 361. The van der Waals surface area contributed by atoms with Crippen molar-refractivity contribution in [2.75, 3.05) is 6.61 Å². The van der Waals surface area contributed by atoms with E-state index in [4.69, 9.17) is 4.74 Å². The predicted molar refractivity (Wildman–Crippen MR) is 66.0 cm³/mol. The molecular weight excluding hydrogens is 200 g/mol. The van der Waals surface area contributed by atoms with Crippen molar-refractivity contribution in [3.05, 3.63) is 41.5 Å². The summed E-state index contributed by atoms with van der Waals surface area (Å²) in [7, 11) is 0. The van der Waals surface area contributed by atoms with Gasteiger partial charge in [-0.15, -0.1) is 0 Å². The Hall–Kier alpha value is -1.57. The lowest BCUT2D eigenvalue weighted by molar-refractivity contribution is -0.138. The zero-order chi connectivity index (χ0) is 12.0. The van der Waals surface area contributed by atoms with Gasteiger partial charge in [0.1, 0.15) is 0 Å². The third-order valence-corrected chi connectivity index (χ3v) is 2.05. The van der Waals surface area contributed by atoms with Crippen molar-refractivity contribution in [3.63, 3.8) is 0 Å². The highest BCUT2D eigenvalue weighted by Crippen LogP contribution is 2.05. The first-order valence-electron chi connectivity index (χ1n) is 5.49. The van der Waals surface area contributed by atoms with Crippen LogP contribution in [0.5, 0.6) is 0 Å². The van der Waals surface area contributed by atoms with Gasteiger partial charge in [0.2, 0.25) is 0 Å². The van der Waals surface area contributed by atoms with Crippen molar-refractivity contribution in [1.82, 2.24) is 0 Å². The molecule has 1 aromatic carbocycles. The highest BCUT2D eigenvalue weighted by atomic mass is 16.5. The minimum atomic E-state index is -0.283. The molecule has 0 N–H and O–H groups in total. The molecule has 0 amide bonds. The van der Waals surface area contributed by atoms with Crippen LogP contribution in [0, 0.1) is 12.8 Å². The second kappa shape index (κ2) is 6.11. The Morgan fingerprint density at radius 1 is 1.31 bits per heavy atom. The number of carbonyl (C=O) groups excluding carboxylic acids is 1. The highest BCUT2D eigenvalue weighted by molar-refractivity contribution is 5.87. The fraction of sp³-hybridized carbons (Fsp3) is 0.357. The Morgan fingerprint density at radius 2 is 1.94 bits per heavy atom.